The number of rotatable bonds is 6. The van der Waals surface area contributed by atoms with Crippen LogP contribution in [0, 0.1) is 6.92 Å². The largest absolute Gasteiger partial charge is 0.481 e. The van der Waals surface area contributed by atoms with Crippen molar-refractivity contribution < 1.29 is 14.6 Å². The molecule has 102 valence electrons. The molecule has 0 aliphatic heterocycles. The highest BCUT2D eigenvalue weighted by Gasteiger charge is 2.18. The second-order valence-electron chi connectivity index (χ2n) is 4.07. The molecule has 0 amide bonds. The molecule has 2 heterocycles. The van der Waals surface area contributed by atoms with Crippen LogP contribution in [0.15, 0.2) is 11.4 Å². The number of hydrogen-bond donors (Lipinski definition) is 1. The lowest BCUT2D eigenvalue weighted by Gasteiger charge is -2.13. The van der Waals surface area contributed by atoms with Crippen molar-refractivity contribution in [1.29, 1.82) is 0 Å². The van der Waals surface area contributed by atoms with Gasteiger partial charge in [-0.2, -0.15) is 0 Å². The first-order valence-corrected chi connectivity index (χ1v) is 6.55. The topological polar surface area (TPSA) is 90.1 Å². The normalized spacial score (nSPS) is 12.5. The van der Waals surface area contributed by atoms with Crippen molar-refractivity contribution in [3.63, 3.8) is 0 Å². The summed E-state index contributed by atoms with van der Waals surface area (Å²) in [7, 11) is 1.48. The second kappa shape index (κ2) is 5.89. The van der Waals surface area contributed by atoms with E-state index in [9.17, 15) is 4.79 Å². The minimum atomic E-state index is -0.909. The number of aryl methyl sites for hydroxylation is 1. The van der Waals surface area contributed by atoms with Crippen molar-refractivity contribution in [2.75, 3.05) is 7.11 Å². The molecule has 1 N–H and O–H groups in total. The monoisotopic (exact) mass is 282 g/mol. The van der Waals surface area contributed by atoms with E-state index in [4.69, 9.17) is 9.84 Å². The van der Waals surface area contributed by atoms with Crippen LogP contribution < -0.4 is 0 Å². The summed E-state index contributed by atoms with van der Waals surface area (Å²) in [5.41, 5.74) is 1.09. The van der Waals surface area contributed by atoms with Gasteiger partial charge in [-0.05, 0) is 34.4 Å². The molecule has 0 saturated heterocycles. The summed E-state index contributed by atoms with van der Waals surface area (Å²) in [5, 5.41) is 22.3. The van der Waals surface area contributed by atoms with Gasteiger partial charge in [0.25, 0.3) is 0 Å². The van der Waals surface area contributed by atoms with Gasteiger partial charge in [0.15, 0.2) is 5.82 Å². The van der Waals surface area contributed by atoms with Crippen LogP contribution in [-0.2, 0) is 16.1 Å². The molecule has 0 aliphatic rings. The highest BCUT2D eigenvalue weighted by molar-refractivity contribution is 7.13. The van der Waals surface area contributed by atoms with Crippen LogP contribution in [0.1, 0.15) is 12.0 Å². The molecule has 2 aromatic rings. The fourth-order valence-corrected chi connectivity index (χ4v) is 2.62. The first kappa shape index (κ1) is 13.6. The van der Waals surface area contributed by atoms with Crippen molar-refractivity contribution in [3.8, 4) is 10.7 Å². The number of nitrogens with zero attached hydrogens (tertiary/aromatic N) is 4. The summed E-state index contributed by atoms with van der Waals surface area (Å²) in [6.07, 6.45) is -0.542. The Bertz CT molecular complexity index is 566. The molecule has 1 atom stereocenters. The Balaban J connectivity index is 2.20. The Morgan fingerprint density at radius 1 is 1.63 bits per heavy atom. The van der Waals surface area contributed by atoms with Crippen LogP contribution in [0.3, 0.4) is 0 Å². The first-order chi connectivity index (χ1) is 9.11. The number of methoxy groups -OCH3 is 1. The van der Waals surface area contributed by atoms with E-state index in [2.05, 4.69) is 15.5 Å². The predicted octanol–water partition coefficient (Wildman–Crippen LogP) is 1.20. The van der Waals surface area contributed by atoms with Gasteiger partial charge in [0.05, 0.1) is 23.9 Å². The molecule has 7 nitrogen and oxygen atoms in total. The summed E-state index contributed by atoms with van der Waals surface area (Å²) < 4.78 is 6.72. The maximum Gasteiger partial charge on any atom is 0.306 e. The van der Waals surface area contributed by atoms with Gasteiger partial charge < -0.3 is 9.84 Å². The summed E-state index contributed by atoms with van der Waals surface area (Å²) in [6, 6.07) is 1.99. The van der Waals surface area contributed by atoms with Crippen LogP contribution >= 0.6 is 11.3 Å². The van der Waals surface area contributed by atoms with Gasteiger partial charge in [0.2, 0.25) is 0 Å². The smallest absolute Gasteiger partial charge is 0.306 e. The SMILES string of the molecule is COC(CC(=O)O)Cn1nnnc1-c1sccc1C. The number of carboxylic acid groups (broad SMARTS) is 1. The molecular formula is C11H14N4O3S. The molecule has 19 heavy (non-hydrogen) atoms. The number of hydrogen-bond acceptors (Lipinski definition) is 6. The zero-order chi connectivity index (χ0) is 13.8. The molecular weight excluding hydrogens is 268 g/mol. The number of carboxylic acids is 1. The molecule has 0 saturated carbocycles. The standard InChI is InChI=1S/C11H14N4O3S/c1-7-3-4-19-10(7)11-12-13-14-15(11)6-8(18-2)5-9(16)17/h3-4,8H,5-6H2,1-2H3,(H,16,17). The van der Waals surface area contributed by atoms with Crippen molar-refractivity contribution >= 4 is 17.3 Å². The number of aliphatic carboxylic acids is 1. The van der Waals surface area contributed by atoms with Gasteiger partial charge in [0, 0.05) is 7.11 Å². The number of aromatic nitrogens is 4. The lowest BCUT2D eigenvalue weighted by Crippen LogP contribution is -2.23. The Morgan fingerprint density at radius 2 is 2.42 bits per heavy atom. The highest BCUT2D eigenvalue weighted by Crippen LogP contribution is 2.26. The Kier molecular flexibility index (Phi) is 4.23. The first-order valence-electron chi connectivity index (χ1n) is 5.67. The lowest BCUT2D eigenvalue weighted by molar-refractivity contribution is -0.139. The average Bonchev–Trinajstić information content (AvgIpc) is 2.96. The zero-order valence-electron chi connectivity index (χ0n) is 10.6. The quantitative estimate of drug-likeness (QED) is 0.856. The van der Waals surface area contributed by atoms with E-state index < -0.39 is 12.1 Å². The Labute approximate surface area is 113 Å². The number of ether oxygens (including phenoxy) is 1. The van der Waals surface area contributed by atoms with E-state index in [1.54, 1.807) is 16.0 Å². The second-order valence-corrected chi connectivity index (χ2v) is 4.99. The molecule has 2 aromatic heterocycles. The number of thiophene rings is 1. The number of carbonyl (C=O) groups is 1. The Hall–Kier alpha value is -1.80. The van der Waals surface area contributed by atoms with Gasteiger partial charge in [-0.3, -0.25) is 4.79 Å². The third-order valence-corrected chi connectivity index (χ3v) is 3.72. The van der Waals surface area contributed by atoms with Gasteiger partial charge in [0.1, 0.15) is 0 Å². The molecule has 0 aliphatic carbocycles. The molecule has 1 unspecified atom stereocenters. The maximum absolute atomic E-state index is 10.7. The maximum atomic E-state index is 10.7. The fraction of sp³-hybridized carbons (Fsp3) is 0.455. The van der Waals surface area contributed by atoms with E-state index in [0.29, 0.717) is 12.4 Å². The van der Waals surface area contributed by atoms with Crippen LogP contribution in [0.4, 0.5) is 0 Å². The van der Waals surface area contributed by atoms with Crippen molar-refractivity contribution in [2.24, 2.45) is 0 Å². The third kappa shape index (κ3) is 3.15. The van der Waals surface area contributed by atoms with Gasteiger partial charge in [-0.25, -0.2) is 4.68 Å². The molecule has 2 rings (SSSR count). The molecule has 0 radical (unpaired) electrons. The summed E-state index contributed by atoms with van der Waals surface area (Å²) in [6.45, 7) is 2.29. The molecule has 8 heteroatoms. The van der Waals surface area contributed by atoms with Gasteiger partial charge >= 0.3 is 5.97 Å². The van der Waals surface area contributed by atoms with Gasteiger partial charge in [-0.1, -0.05) is 0 Å². The minimum absolute atomic E-state index is 0.0841. The van der Waals surface area contributed by atoms with E-state index in [0.717, 1.165) is 10.4 Å². The van der Waals surface area contributed by atoms with E-state index >= 15 is 0 Å². The van der Waals surface area contributed by atoms with Crippen LogP contribution in [-0.4, -0.2) is 44.5 Å². The molecule has 0 spiro atoms. The van der Waals surface area contributed by atoms with Gasteiger partial charge in [-0.15, -0.1) is 16.4 Å². The Morgan fingerprint density at radius 3 is 3.00 bits per heavy atom. The third-order valence-electron chi connectivity index (χ3n) is 2.71. The van der Waals surface area contributed by atoms with Crippen LogP contribution in [0.5, 0.6) is 0 Å². The molecule has 0 aromatic carbocycles. The fourth-order valence-electron chi connectivity index (χ4n) is 1.70. The van der Waals surface area contributed by atoms with E-state index in [1.165, 1.54) is 7.11 Å². The van der Waals surface area contributed by atoms with Crippen LogP contribution in [0.25, 0.3) is 10.7 Å². The number of tetrazole rings is 1. The van der Waals surface area contributed by atoms with Crippen molar-refractivity contribution in [3.05, 3.63) is 17.0 Å². The molecule has 0 bridgehead atoms. The van der Waals surface area contributed by atoms with Crippen LogP contribution in [0.2, 0.25) is 0 Å². The summed E-state index contributed by atoms with van der Waals surface area (Å²) in [4.78, 5) is 11.7. The molecule has 0 fully saturated rings. The average molecular weight is 282 g/mol. The summed E-state index contributed by atoms with van der Waals surface area (Å²) in [5.74, 6) is -0.270. The van der Waals surface area contributed by atoms with Crippen molar-refractivity contribution in [2.45, 2.75) is 26.0 Å². The summed E-state index contributed by atoms with van der Waals surface area (Å²) >= 11 is 1.55. The van der Waals surface area contributed by atoms with Crippen molar-refractivity contribution in [1.82, 2.24) is 20.2 Å². The van der Waals surface area contributed by atoms with E-state index in [1.807, 2.05) is 18.4 Å². The van der Waals surface area contributed by atoms with E-state index in [-0.39, 0.29) is 6.42 Å². The highest BCUT2D eigenvalue weighted by atomic mass is 32.1. The lowest BCUT2D eigenvalue weighted by atomic mass is 10.2. The predicted molar refractivity (Wildman–Crippen MR) is 68.9 cm³/mol. The zero-order valence-corrected chi connectivity index (χ0v) is 11.4. The minimum Gasteiger partial charge on any atom is -0.481 e.